The van der Waals surface area contributed by atoms with Crippen LogP contribution in [-0.4, -0.2) is 14.9 Å². The Morgan fingerprint density at radius 2 is 1.78 bits per heavy atom. The largest absolute Gasteiger partial charge is 0.328 e. The van der Waals surface area contributed by atoms with Crippen LogP contribution in [0.25, 0.3) is 0 Å². The summed E-state index contributed by atoms with van der Waals surface area (Å²) in [5, 5.41) is 0. The molecule has 0 aliphatic heterocycles. The number of ketones is 1. The van der Waals surface area contributed by atoms with Gasteiger partial charge in [0.05, 0.1) is 6.54 Å². The van der Waals surface area contributed by atoms with Crippen LogP contribution in [0.1, 0.15) is 17.3 Å². The number of aromatic nitrogens is 2. The van der Waals surface area contributed by atoms with Crippen molar-refractivity contribution in [2.24, 2.45) is 0 Å². The van der Waals surface area contributed by atoms with Crippen molar-refractivity contribution in [3.63, 3.8) is 0 Å². The van der Waals surface area contributed by atoms with Gasteiger partial charge < -0.3 is 0 Å². The standard InChI is InChI=1S/C13H13BrN2O2/c1-2-15-7-8-16(13(15)18)9-12(17)10-3-5-11(14)6-4-10/h3-8H,2,9H2,1H3. The highest BCUT2D eigenvalue weighted by atomic mass is 79.9. The monoisotopic (exact) mass is 308 g/mol. The van der Waals surface area contributed by atoms with Gasteiger partial charge in [0.25, 0.3) is 0 Å². The van der Waals surface area contributed by atoms with Crippen molar-refractivity contribution in [1.82, 2.24) is 9.13 Å². The van der Waals surface area contributed by atoms with Crippen molar-refractivity contribution in [2.75, 3.05) is 0 Å². The first-order valence-corrected chi connectivity index (χ1v) is 6.45. The summed E-state index contributed by atoms with van der Waals surface area (Å²) < 4.78 is 3.91. The SMILES string of the molecule is CCn1ccn(CC(=O)c2ccc(Br)cc2)c1=O. The van der Waals surface area contributed by atoms with Crippen LogP contribution >= 0.6 is 15.9 Å². The summed E-state index contributed by atoms with van der Waals surface area (Å²) in [5.41, 5.74) is 0.456. The Kier molecular flexibility index (Phi) is 3.81. The number of hydrogen-bond donors (Lipinski definition) is 0. The molecule has 0 aliphatic carbocycles. The molecule has 18 heavy (non-hydrogen) atoms. The van der Waals surface area contributed by atoms with Crippen LogP contribution in [0.2, 0.25) is 0 Å². The summed E-state index contributed by atoms with van der Waals surface area (Å²) in [6.45, 7) is 2.58. The third-order valence-electron chi connectivity index (χ3n) is 2.74. The smallest absolute Gasteiger partial charge is 0.300 e. The third kappa shape index (κ3) is 2.61. The van der Waals surface area contributed by atoms with Gasteiger partial charge in [-0.15, -0.1) is 0 Å². The van der Waals surface area contributed by atoms with Crippen LogP contribution < -0.4 is 5.69 Å². The number of nitrogens with zero attached hydrogens (tertiary/aromatic N) is 2. The predicted octanol–water partition coefficient (Wildman–Crippen LogP) is 2.32. The highest BCUT2D eigenvalue weighted by molar-refractivity contribution is 9.10. The summed E-state index contributed by atoms with van der Waals surface area (Å²) >= 11 is 3.32. The highest BCUT2D eigenvalue weighted by Crippen LogP contribution is 2.11. The second-order valence-electron chi connectivity index (χ2n) is 3.92. The molecule has 0 saturated heterocycles. The first-order valence-electron chi connectivity index (χ1n) is 5.66. The first-order chi connectivity index (χ1) is 8.61. The summed E-state index contributed by atoms with van der Waals surface area (Å²) in [6.07, 6.45) is 3.33. The average Bonchev–Trinajstić information content (AvgIpc) is 2.71. The molecule has 5 heteroatoms. The maximum atomic E-state index is 12.0. The minimum absolute atomic E-state index is 0.0709. The molecule has 4 nitrogen and oxygen atoms in total. The van der Waals surface area contributed by atoms with E-state index in [9.17, 15) is 9.59 Å². The average molecular weight is 309 g/mol. The molecular weight excluding hydrogens is 296 g/mol. The number of halogens is 1. The number of rotatable bonds is 4. The lowest BCUT2D eigenvalue weighted by atomic mass is 10.1. The molecule has 1 heterocycles. The lowest BCUT2D eigenvalue weighted by Crippen LogP contribution is -2.26. The van der Waals surface area contributed by atoms with Gasteiger partial charge in [0.2, 0.25) is 0 Å². The minimum Gasteiger partial charge on any atom is -0.300 e. The van der Waals surface area contributed by atoms with E-state index in [2.05, 4.69) is 15.9 Å². The van der Waals surface area contributed by atoms with Crippen molar-refractivity contribution in [3.05, 3.63) is 57.2 Å². The van der Waals surface area contributed by atoms with E-state index in [1.165, 1.54) is 4.57 Å². The van der Waals surface area contributed by atoms with E-state index in [1.54, 1.807) is 29.1 Å². The topological polar surface area (TPSA) is 44.0 Å². The lowest BCUT2D eigenvalue weighted by Gasteiger charge is -2.02. The second-order valence-corrected chi connectivity index (χ2v) is 4.84. The Morgan fingerprint density at radius 3 is 2.33 bits per heavy atom. The van der Waals surface area contributed by atoms with E-state index in [4.69, 9.17) is 0 Å². The Bertz CT molecular complexity index is 611. The number of benzene rings is 1. The summed E-state index contributed by atoms with van der Waals surface area (Å²) in [5.74, 6) is -0.0709. The fraction of sp³-hybridized carbons (Fsp3) is 0.231. The quantitative estimate of drug-likeness (QED) is 0.814. The van der Waals surface area contributed by atoms with Crippen LogP contribution in [0.15, 0.2) is 45.9 Å². The van der Waals surface area contributed by atoms with Crippen LogP contribution in [0, 0.1) is 0 Å². The van der Waals surface area contributed by atoms with Gasteiger partial charge in [-0.3, -0.25) is 13.9 Å². The lowest BCUT2D eigenvalue weighted by molar-refractivity contribution is 0.0970. The molecular formula is C13H13BrN2O2. The third-order valence-corrected chi connectivity index (χ3v) is 3.27. The molecule has 0 bridgehead atoms. The molecule has 0 saturated carbocycles. The van der Waals surface area contributed by atoms with E-state index in [0.29, 0.717) is 12.1 Å². The minimum atomic E-state index is -0.150. The molecule has 94 valence electrons. The normalized spacial score (nSPS) is 10.6. The van der Waals surface area contributed by atoms with Gasteiger partial charge in [-0.1, -0.05) is 28.1 Å². The van der Waals surface area contributed by atoms with Gasteiger partial charge in [-0.2, -0.15) is 0 Å². The van der Waals surface area contributed by atoms with Crippen molar-refractivity contribution in [3.8, 4) is 0 Å². The molecule has 0 fully saturated rings. The maximum Gasteiger partial charge on any atom is 0.328 e. The van der Waals surface area contributed by atoms with Gasteiger partial charge in [0.1, 0.15) is 0 Å². The molecule has 0 unspecified atom stereocenters. The highest BCUT2D eigenvalue weighted by Gasteiger charge is 2.09. The number of aryl methyl sites for hydroxylation is 1. The van der Waals surface area contributed by atoms with Crippen LogP contribution in [0.4, 0.5) is 0 Å². The van der Waals surface area contributed by atoms with Crippen molar-refractivity contribution in [2.45, 2.75) is 20.0 Å². The summed E-state index contributed by atoms with van der Waals surface area (Å²) in [7, 11) is 0. The number of carbonyl (C=O) groups excluding carboxylic acids is 1. The van der Waals surface area contributed by atoms with Gasteiger partial charge in [-0.05, 0) is 19.1 Å². The zero-order chi connectivity index (χ0) is 13.1. The Hall–Kier alpha value is -1.62. The van der Waals surface area contributed by atoms with E-state index >= 15 is 0 Å². The van der Waals surface area contributed by atoms with E-state index < -0.39 is 0 Å². The number of Topliss-reactive ketones (excluding diaryl/α,β-unsaturated/α-hetero) is 1. The summed E-state index contributed by atoms with van der Waals surface area (Å²) in [6, 6.07) is 7.11. The number of carbonyl (C=O) groups is 1. The van der Waals surface area contributed by atoms with E-state index in [-0.39, 0.29) is 18.0 Å². The van der Waals surface area contributed by atoms with Gasteiger partial charge in [0.15, 0.2) is 5.78 Å². The molecule has 2 rings (SSSR count). The van der Waals surface area contributed by atoms with Crippen LogP contribution in [-0.2, 0) is 13.1 Å². The zero-order valence-corrected chi connectivity index (χ0v) is 11.6. The van der Waals surface area contributed by atoms with Crippen molar-refractivity contribution >= 4 is 21.7 Å². The number of imidazole rings is 1. The molecule has 0 amide bonds. The Labute approximate surface area is 113 Å². The zero-order valence-electron chi connectivity index (χ0n) is 9.97. The maximum absolute atomic E-state index is 12.0. The van der Waals surface area contributed by atoms with Crippen LogP contribution in [0.3, 0.4) is 0 Å². The predicted molar refractivity (Wildman–Crippen MR) is 72.8 cm³/mol. The fourth-order valence-corrected chi connectivity index (χ4v) is 1.96. The van der Waals surface area contributed by atoms with Crippen molar-refractivity contribution in [1.29, 1.82) is 0 Å². The first kappa shape index (κ1) is 12.8. The summed E-state index contributed by atoms with van der Waals surface area (Å²) in [4.78, 5) is 23.8. The van der Waals surface area contributed by atoms with Crippen LogP contribution in [0.5, 0.6) is 0 Å². The second kappa shape index (κ2) is 5.35. The number of hydrogen-bond acceptors (Lipinski definition) is 2. The van der Waals surface area contributed by atoms with E-state index in [1.807, 2.05) is 19.1 Å². The molecule has 0 atom stereocenters. The van der Waals surface area contributed by atoms with Crippen molar-refractivity contribution < 1.29 is 4.79 Å². The fourth-order valence-electron chi connectivity index (χ4n) is 1.70. The molecule has 1 aromatic heterocycles. The Morgan fingerprint density at radius 1 is 1.17 bits per heavy atom. The molecule has 0 N–H and O–H groups in total. The molecule has 0 aliphatic rings. The van der Waals surface area contributed by atoms with Gasteiger partial charge in [0, 0.05) is 29.0 Å². The molecule has 2 aromatic rings. The van der Waals surface area contributed by atoms with Gasteiger partial charge in [-0.25, -0.2) is 4.79 Å². The van der Waals surface area contributed by atoms with Gasteiger partial charge >= 0.3 is 5.69 Å². The Balaban J connectivity index is 2.18. The molecule has 0 spiro atoms. The molecule has 0 radical (unpaired) electrons. The van der Waals surface area contributed by atoms with E-state index in [0.717, 1.165) is 4.47 Å². The molecule has 1 aromatic carbocycles.